The van der Waals surface area contributed by atoms with E-state index in [2.05, 4.69) is 0 Å². The Morgan fingerprint density at radius 1 is 0.452 bits per heavy atom. The Balaban J connectivity index is 0.000000429. The zero-order valence-corrected chi connectivity index (χ0v) is 22.5. The minimum atomic E-state index is -1.10. The first-order valence-electron chi connectivity index (χ1n) is 10.7. The van der Waals surface area contributed by atoms with Crippen LogP contribution in [0.3, 0.4) is 0 Å². The van der Waals surface area contributed by atoms with Crippen molar-refractivity contribution in [1.82, 2.24) is 0 Å². The third-order valence-electron chi connectivity index (χ3n) is 6.04. The molecule has 3 rings (SSSR count). The van der Waals surface area contributed by atoms with Crippen molar-refractivity contribution in [3.05, 3.63) is 0 Å². The molecule has 0 aromatic heterocycles. The summed E-state index contributed by atoms with van der Waals surface area (Å²) in [5, 5.41) is 31.3. The van der Waals surface area contributed by atoms with Crippen molar-refractivity contribution in [2.45, 2.75) is 111 Å². The molecule has 31 heavy (non-hydrogen) atoms. The third-order valence-corrected chi connectivity index (χ3v) is 7.63. The molecule has 3 aliphatic rings. The molecule has 174 valence electrons. The van der Waals surface area contributed by atoms with Crippen LogP contribution in [-0.2, 0) is 14.4 Å². The van der Waals surface area contributed by atoms with E-state index in [0.29, 0.717) is 38.5 Å². The molecule has 0 aromatic carbocycles. The van der Waals surface area contributed by atoms with Crippen molar-refractivity contribution in [2.24, 2.45) is 0 Å². The third kappa shape index (κ3) is 10.2. The largest absolute Gasteiger partial charge is 3.00 e. The summed E-state index contributed by atoms with van der Waals surface area (Å²) in [7, 11) is 0. The zero-order valence-electron chi connectivity index (χ0n) is 17.8. The van der Waals surface area contributed by atoms with E-state index < -0.39 is 32.5 Å². The van der Waals surface area contributed by atoms with Crippen LogP contribution in [0, 0.1) is 0 Å². The summed E-state index contributed by atoms with van der Waals surface area (Å²) < 4.78 is 0. The van der Waals surface area contributed by atoms with Gasteiger partial charge in [0.2, 0.25) is 0 Å². The molecule has 0 amide bonds. The van der Waals surface area contributed by atoms with Crippen molar-refractivity contribution >= 4 is 72.5 Å². The number of alkyl halides is 3. The molecule has 6 nitrogen and oxygen atoms in total. The molecule has 0 unspecified atom stereocenters. The second kappa shape index (κ2) is 14.2. The molecule has 0 radical (unpaired) electrons. The summed E-state index contributed by atoms with van der Waals surface area (Å²) in [4.78, 5) is 28.2. The number of rotatable bonds is 3. The molecule has 0 aromatic rings. The van der Waals surface area contributed by atoms with Crippen molar-refractivity contribution in [3.63, 3.8) is 0 Å². The van der Waals surface area contributed by atoms with E-state index in [0.717, 1.165) is 57.8 Å². The molecule has 0 spiro atoms. The summed E-state index contributed by atoms with van der Waals surface area (Å²) in [6.45, 7) is 0. The normalized spacial score (nSPS) is 23.3. The van der Waals surface area contributed by atoms with Crippen LogP contribution in [0.2, 0.25) is 0 Å². The van der Waals surface area contributed by atoms with Crippen molar-refractivity contribution in [2.75, 3.05) is 0 Å². The predicted octanol–water partition coefficient (Wildman–Crippen LogP) is 1.65. The Morgan fingerprint density at radius 2 is 0.613 bits per heavy atom. The van der Waals surface area contributed by atoms with Crippen LogP contribution in [0.15, 0.2) is 0 Å². The summed E-state index contributed by atoms with van der Waals surface area (Å²) in [6, 6.07) is 0. The maximum absolute atomic E-state index is 10.4. The number of carbonyl (C=O) groups excluding carboxylic acids is 3. The molecule has 0 atom stereocenters. The van der Waals surface area contributed by atoms with E-state index in [-0.39, 0.29) is 19.8 Å². The van der Waals surface area contributed by atoms with Crippen LogP contribution in [0.25, 0.3) is 0 Å². The number of aliphatic carboxylic acids is 3. The number of carbonyl (C=O) groups is 3. The second-order valence-corrected chi connectivity index (χ2v) is 10.6. The molecule has 0 saturated heterocycles. The molecule has 3 aliphatic carbocycles. The summed E-state index contributed by atoms with van der Waals surface area (Å²) in [5.74, 6) is -3.31. The number of hydrogen-bond acceptors (Lipinski definition) is 6. The Labute approximate surface area is 212 Å². The molecular formula is C21H30Cl3GaO6. The van der Waals surface area contributed by atoms with Gasteiger partial charge in [-0.3, -0.25) is 0 Å². The van der Waals surface area contributed by atoms with Gasteiger partial charge in [0.1, 0.15) is 0 Å². The molecule has 0 N–H and O–H groups in total. The van der Waals surface area contributed by atoms with Gasteiger partial charge < -0.3 is 29.7 Å². The Hall–Kier alpha value is -0.0836. The summed E-state index contributed by atoms with van der Waals surface area (Å²) in [6.07, 6.45) is 12.2. The minimum absolute atomic E-state index is 0. The smallest absolute Gasteiger partial charge is 0.548 e. The van der Waals surface area contributed by atoms with E-state index >= 15 is 0 Å². The van der Waals surface area contributed by atoms with E-state index in [1.807, 2.05) is 0 Å². The number of hydrogen-bond donors (Lipinski definition) is 0. The fourth-order valence-corrected chi connectivity index (χ4v) is 4.75. The van der Waals surface area contributed by atoms with Gasteiger partial charge in [0.15, 0.2) is 0 Å². The Bertz CT molecular complexity index is 503. The topological polar surface area (TPSA) is 120 Å². The second-order valence-electron chi connectivity index (χ2n) is 8.44. The average molecular weight is 555 g/mol. The Kier molecular flexibility index (Phi) is 14.2. The number of carboxylic acid groups (broad SMARTS) is 3. The van der Waals surface area contributed by atoms with Gasteiger partial charge in [0, 0.05) is 0 Å². The van der Waals surface area contributed by atoms with Gasteiger partial charge in [-0.25, -0.2) is 0 Å². The SMILES string of the molecule is O=C([O-])C1(Cl)CCCCC1.O=C([O-])C1(Cl)CCCCC1.O=C([O-])C1(Cl)CCCCC1.[Ga+3]. The van der Waals surface area contributed by atoms with Gasteiger partial charge in [0.25, 0.3) is 0 Å². The minimum Gasteiger partial charge on any atom is -0.548 e. The maximum atomic E-state index is 10.4. The molecule has 10 heteroatoms. The van der Waals surface area contributed by atoms with Gasteiger partial charge in [0.05, 0.1) is 32.5 Å². The van der Waals surface area contributed by atoms with Crippen LogP contribution in [0.4, 0.5) is 0 Å². The van der Waals surface area contributed by atoms with E-state index in [9.17, 15) is 29.7 Å². The molecule has 3 saturated carbocycles. The predicted molar refractivity (Wildman–Crippen MR) is 116 cm³/mol. The molecule has 0 heterocycles. The van der Waals surface area contributed by atoms with Crippen LogP contribution in [0.5, 0.6) is 0 Å². The average Bonchev–Trinajstić information content (AvgIpc) is 2.70. The first-order valence-corrected chi connectivity index (χ1v) is 11.8. The first kappa shape index (κ1) is 30.9. The van der Waals surface area contributed by atoms with Crippen molar-refractivity contribution in [3.8, 4) is 0 Å². The monoisotopic (exact) mass is 552 g/mol. The molecule has 0 aliphatic heterocycles. The van der Waals surface area contributed by atoms with Crippen molar-refractivity contribution in [1.29, 1.82) is 0 Å². The van der Waals surface area contributed by atoms with Crippen LogP contribution in [0.1, 0.15) is 96.3 Å². The van der Waals surface area contributed by atoms with Crippen LogP contribution < -0.4 is 15.3 Å². The zero-order chi connectivity index (χ0) is 22.8. The van der Waals surface area contributed by atoms with Gasteiger partial charge >= 0.3 is 19.8 Å². The van der Waals surface area contributed by atoms with Crippen molar-refractivity contribution < 1.29 is 29.7 Å². The van der Waals surface area contributed by atoms with E-state index in [1.54, 1.807) is 0 Å². The van der Waals surface area contributed by atoms with Gasteiger partial charge in [-0.15, -0.1) is 34.8 Å². The first-order chi connectivity index (χ1) is 14.0. The van der Waals surface area contributed by atoms with Gasteiger partial charge in [-0.2, -0.15) is 0 Å². The van der Waals surface area contributed by atoms with Gasteiger partial charge in [-0.05, 0) is 38.5 Å². The molecule has 0 bridgehead atoms. The van der Waals surface area contributed by atoms with Crippen LogP contribution >= 0.6 is 34.8 Å². The number of halogens is 3. The van der Waals surface area contributed by atoms with E-state index in [4.69, 9.17) is 34.8 Å². The quantitative estimate of drug-likeness (QED) is 0.387. The standard InChI is InChI=1S/3C7H11ClO2.Ga/c3*8-7(6(9)10)4-2-1-3-5-7;/h3*1-5H2,(H,9,10);/q;;;+3/p-3. The summed E-state index contributed by atoms with van der Waals surface area (Å²) >= 11 is 17.2. The molecule has 3 fully saturated rings. The Morgan fingerprint density at radius 3 is 0.710 bits per heavy atom. The fraction of sp³-hybridized carbons (Fsp3) is 0.857. The fourth-order valence-electron chi connectivity index (χ4n) is 3.95. The maximum Gasteiger partial charge on any atom is 3.00 e. The van der Waals surface area contributed by atoms with Gasteiger partial charge in [-0.1, -0.05) is 57.8 Å². The van der Waals surface area contributed by atoms with Crippen LogP contribution in [-0.4, -0.2) is 52.3 Å². The number of carboxylic acids is 3. The molecular weight excluding hydrogens is 524 g/mol. The summed E-state index contributed by atoms with van der Waals surface area (Å²) in [5.41, 5.74) is 0. The van der Waals surface area contributed by atoms with E-state index in [1.165, 1.54) is 0 Å².